The second-order valence-corrected chi connectivity index (χ2v) is 12.5. The Morgan fingerprint density at radius 2 is 1.73 bits per heavy atom. The first-order valence-corrected chi connectivity index (χ1v) is 15.4. The molecule has 1 aliphatic heterocycles. The molecule has 0 aromatic heterocycles. The number of nitrogens with zero attached hydrogens (tertiary/aromatic N) is 1. The number of aliphatic hydroxyl groups is 1. The summed E-state index contributed by atoms with van der Waals surface area (Å²) in [5.41, 5.74) is -0.635. The summed E-state index contributed by atoms with van der Waals surface area (Å²) in [6.45, 7) is -2.54. The van der Waals surface area contributed by atoms with Crippen molar-refractivity contribution in [2.24, 2.45) is 0 Å². The van der Waals surface area contributed by atoms with Crippen molar-refractivity contribution in [1.82, 2.24) is 5.32 Å². The molecule has 0 radical (unpaired) electrons. The number of nitrogens with one attached hydrogen (secondary N) is 1. The number of carbonyl (C=O) groups is 1. The molecular weight excluding hydrogens is 630 g/mol. The minimum atomic E-state index is -4.53. The van der Waals surface area contributed by atoms with Crippen LogP contribution in [0.5, 0.6) is 5.75 Å². The van der Waals surface area contributed by atoms with E-state index < -0.39 is 71.3 Å². The van der Waals surface area contributed by atoms with E-state index in [1.54, 1.807) is 4.90 Å². The van der Waals surface area contributed by atoms with Crippen LogP contribution in [0.3, 0.4) is 0 Å². The highest BCUT2D eigenvalue weighted by Crippen LogP contribution is 2.33. The zero-order valence-electron chi connectivity index (χ0n) is 23.8. The smallest absolute Gasteiger partial charge is 0.416 e. The first-order valence-electron chi connectivity index (χ1n) is 13.8. The average molecular weight is 661 g/mol. The Morgan fingerprint density at radius 3 is 2.29 bits per heavy atom. The van der Waals surface area contributed by atoms with Gasteiger partial charge in [-0.25, -0.2) is 12.8 Å². The van der Waals surface area contributed by atoms with Crippen molar-refractivity contribution in [3.05, 3.63) is 89.2 Å². The third-order valence-corrected chi connectivity index (χ3v) is 9.06. The van der Waals surface area contributed by atoms with E-state index in [-0.39, 0.29) is 40.6 Å². The van der Waals surface area contributed by atoms with Crippen molar-refractivity contribution in [2.75, 3.05) is 30.4 Å². The van der Waals surface area contributed by atoms with Crippen LogP contribution in [0, 0.1) is 5.82 Å². The van der Waals surface area contributed by atoms with Crippen molar-refractivity contribution in [3.63, 3.8) is 0 Å². The van der Waals surface area contributed by atoms with Gasteiger partial charge < -0.3 is 24.8 Å². The van der Waals surface area contributed by atoms with Crippen molar-refractivity contribution >= 4 is 21.4 Å². The molecule has 1 amide bonds. The number of aliphatic hydroxyl groups excluding tert-OH is 1. The third-order valence-electron chi connectivity index (χ3n) is 7.31. The zero-order chi connectivity index (χ0) is 32.9. The monoisotopic (exact) mass is 660 g/mol. The quantitative estimate of drug-likeness (QED) is 0.252. The maximum atomic E-state index is 15.3. The van der Waals surface area contributed by atoms with Crippen LogP contribution < -0.4 is 15.0 Å². The standard InChI is InChI=1S/C30H30F6N2O6S/c1-2-45(41,42)24-10-3-18(4-11-24)27(16-39)37-28(40)25-12-7-20(14-26(25)31)38-15-23(13-21(38)17-43-29(32)33)44-22-8-5-19(6-9-22)30(34,35)36/h3-12,14,21,23,27,29,39H,2,13,15-17H2,1H3,(H,37,40)/t21-,23-,27-/m0/s1. The topological polar surface area (TPSA) is 105 Å². The molecular formula is C30H30F6N2O6S. The molecule has 8 nitrogen and oxygen atoms in total. The Kier molecular flexibility index (Phi) is 10.7. The molecule has 0 bridgehead atoms. The highest BCUT2D eigenvalue weighted by Gasteiger charge is 2.36. The Bertz CT molecular complexity index is 1570. The van der Waals surface area contributed by atoms with Gasteiger partial charge in [-0.15, -0.1) is 0 Å². The van der Waals surface area contributed by atoms with Crippen LogP contribution in [-0.2, 0) is 20.8 Å². The summed E-state index contributed by atoms with van der Waals surface area (Å²) in [6.07, 6.45) is -5.06. The summed E-state index contributed by atoms with van der Waals surface area (Å²) in [6, 6.07) is 11.5. The van der Waals surface area contributed by atoms with Crippen LogP contribution in [0.1, 0.15) is 40.9 Å². The molecule has 1 aliphatic rings. The highest BCUT2D eigenvalue weighted by molar-refractivity contribution is 7.91. The first kappa shape index (κ1) is 34.1. The number of anilines is 1. The Balaban J connectivity index is 1.48. The minimum Gasteiger partial charge on any atom is -0.489 e. The summed E-state index contributed by atoms with van der Waals surface area (Å²) >= 11 is 0. The van der Waals surface area contributed by atoms with Gasteiger partial charge in [0.25, 0.3) is 5.91 Å². The van der Waals surface area contributed by atoms with E-state index in [4.69, 9.17) is 4.74 Å². The predicted octanol–water partition coefficient (Wildman–Crippen LogP) is 5.37. The number of alkyl halides is 5. The largest absolute Gasteiger partial charge is 0.489 e. The molecule has 3 atom stereocenters. The number of sulfone groups is 1. The van der Waals surface area contributed by atoms with Crippen LogP contribution in [0.4, 0.5) is 32.0 Å². The second-order valence-electron chi connectivity index (χ2n) is 10.2. The number of hydrogen-bond donors (Lipinski definition) is 2. The van der Waals surface area contributed by atoms with E-state index in [1.165, 1.54) is 43.3 Å². The maximum Gasteiger partial charge on any atom is 0.416 e. The molecule has 4 rings (SSSR count). The van der Waals surface area contributed by atoms with Gasteiger partial charge in [-0.3, -0.25) is 4.79 Å². The van der Waals surface area contributed by atoms with E-state index in [2.05, 4.69) is 10.1 Å². The molecule has 244 valence electrons. The van der Waals surface area contributed by atoms with Crippen LogP contribution in [0.25, 0.3) is 0 Å². The molecule has 0 saturated carbocycles. The summed E-state index contributed by atoms with van der Waals surface area (Å²) in [4.78, 5) is 14.6. The van der Waals surface area contributed by atoms with Gasteiger partial charge in [0.1, 0.15) is 17.7 Å². The van der Waals surface area contributed by atoms with Crippen molar-refractivity contribution in [1.29, 1.82) is 0 Å². The van der Waals surface area contributed by atoms with Gasteiger partial charge >= 0.3 is 12.8 Å². The maximum absolute atomic E-state index is 15.3. The minimum absolute atomic E-state index is 0.0552. The number of benzene rings is 3. The van der Waals surface area contributed by atoms with Crippen molar-refractivity contribution in [3.8, 4) is 5.75 Å². The summed E-state index contributed by atoms with van der Waals surface area (Å²) in [5, 5.41) is 12.4. The van der Waals surface area contributed by atoms with E-state index >= 15 is 4.39 Å². The van der Waals surface area contributed by atoms with Crippen LogP contribution in [-0.4, -0.2) is 63.7 Å². The number of hydrogen-bond acceptors (Lipinski definition) is 7. The number of rotatable bonds is 12. The van der Waals surface area contributed by atoms with Gasteiger partial charge in [0.15, 0.2) is 9.84 Å². The lowest BCUT2D eigenvalue weighted by molar-refractivity contribution is -0.137. The number of ether oxygens (including phenoxy) is 2. The molecule has 0 unspecified atom stereocenters. The molecule has 3 aromatic rings. The Labute approximate surface area is 255 Å². The lowest BCUT2D eigenvalue weighted by Crippen LogP contribution is -2.34. The summed E-state index contributed by atoms with van der Waals surface area (Å²) in [5.74, 6) is -1.80. The number of halogens is 6. The van der Waals surface area contributed by atoms with Crippen molar-refractivity contribution < 1.29 is 54.1 Å². The molecule has 15 heteroatoms. The fourth-order valence-electron chi connectivity index (χ4n) is 4.94. The summed E-state index contributed by atoms with van der Waals surface area (Å²) in [7, 11) is -3.46. The van der Waals surface area contributed by atoms with Gasteiger partial charge in [-0.2, -0.15) is 22.0 Å². The SMILES string of the molecule is CCS(=O)(=O)c1ccc([C@H](CO)NC(=O)c2ccc(N3C[C@@H](Oc4ccc(C(F)(F)F)cc4)C[C@H]3COC(F)F)cc2F)cc1. The van der Waals surface area contributed by atoms with Crippen LogP contribution in [0.15, 0.2) is 71.6 Å². The molecule has 2 N–H and O–H groups in total. The summed E-state index contributed by atoms with van der Waals surface area (Å²) < 4.78 is 114. The lowest BCUT2D eigenvalue weighted by atomic mass is 10.1. The lowest BCUT2D eigenvalue weighted by Gasteiger charge is -2.26. The van der Waals surface area contributed by atoms with E-state index in [0.717, 1.165) is 30.3 Å². The normalized spacial score (nSPS) is 17.8. The Morgan fingerprint density at radius 1 is 1.07 bits per heavy atom. The number of carbonyl (C=O) groups excluding carboxylic acids is 1. The van der Waals surface area contributed by atoms with Crippen LogP contribution in [0.2, 0.25) is 0 Å². The Hall–Kier alpha value is -3.82. The fourth-order valence-corrected chi connectivity index (χ4v) is 5.83. The van der Waals surface area contributed by atoms with E-state index in [1.807, 2.05) is 0 Å². The zero-order valence-corrected chi connectivity index (χ0v) is 24.6. The predicted molar refractivity (Wildman–Crippen MR) is 151 cm³/mol. The van der Waals surface area contributed by atoms with Gasteiger partial charge in [0.05, 0.1) is 53.6 Å². The van der Waals surface area contributed by atoms with Gasteiger partial charge in [-0.05, 0) is 60.2 Å². The molecule has 1 heterocycles. The molecule has 1 saturated heterocycles. The van der Waals surface area contributed by atoms with E-state index in [0.29, 0.717) is 5.56 Å². The third kappa shape index (κ3) is 8.47. The van der Waals surface area contributed by atoms with Gasteiger partial charge in [-0.1, -0.05) is 19.1 Å². The van der Waals surface area contributed by atoms with Crippen LogP contribution >= 0.6 is 0 Å². The molecule has 3 aromatic carbocycles. The van der Waals surface area contributed by atoms with Gasteiger partial charge in [0, 0.05) is 12.1 Å². The molecule has 0 aliphatic carbocycles. The highest BCUT2D eigenvalue weighted by atomic mass is 32.2. The molecule has 1 fully saturated rings. The average Bonchev–Trinajstić information content (AvgIpc) is 3.41. The first-order chi connectivity index (χ1) is 21.2. The van der Waals surface area contributed by atoms with Crippen molar-refractivity contribution in [2.45, 2.75) is 49.2 Å². The molecule has 0 spiro atoms. The number of amides is 1. The fraction of sp³-hybridized carbons (Fsp3) is 0.367. The van der Waals surface area contributed by atoms with Gasteiger partial charge in [0.2, 0.25) is 0 Å². The van der Waals surface area contributed by atoms with E-state index in [9.17, 15) is 40.3 Å². The second kappa shape index (κ2) is 14.1. The molecule has 45 heavy (non-hydrogen) atoms.